The first-order valence-electron chi connectivity index (χ1n) is 6.87. The van der Waals surface area contributed by atoms with Crippen molar-refractivity contribution in [1.82, 2.24) is 24.4 Å². The van der Waals surface area contributed by atoms with Crippen molar-refractivity contribution in [1.29, 1.82) is 0 Å². The number of hydrogen-bond acceptors (Lipinski definition) is 6. The molecule has 0 saturated carbocycles. The van der Waals surface area contributed by atoms with E-state index in [-0.39, 0.29) is 11.5 Å². The zero-order valence-electron chi connectivity index (χ0n) is 12.1. The van der Waals surface area contributed by atoms with Crippen LogP contribution in [-0.2, 0) is 11.3 Å². The molecule has 0 spiro atoms. The number of aromatic nitrogens is 3. The topological polar surface area (TPSA) is 70.8 Å². The fraction of sp³-hybridized carbons (Fsp3) is 0.538. The van der Waals surface area contributed by atoms with Crippen LogP contribution in [0.15, 0.2) is 10.9 Å². The lowest BCUT2D eigenvalue weighted by Crippen LogP contribution is -2.47. The van der Waals surface area contributed by atoms with Gasteiger partial charge in [-0.3, -0.25) is 14.5 Å². The summed E-state index contributed by atoms with van der Waals surface area (Å²) in [6.07, 6.45) is 0. The first-order valence-corrected chi connectivity index (χ1v) is 7.69. The van der Waals surface area contributed by atoms with Gasteiger partial charge in [-0.05, 0) is 6.92 Å². The van der Waals surface area contributed by atoms with Crippen molar-refractivity contribution < 1.29 is 4.79 Å². The number of piperazine rings is 1. The van der Waals surface area contributed by atoms with E-state index in [1.807, 2.05) is 11.8 Å². The summed E-state index contributed by atoms with van der Waals surface area (Å²) in [5.41, 5.74) is 0.576. The van der Waals surface area contributed by atoms with Crippen LogP contribution in [0.25, 0.3) is 4.96 Å². The van der Waals surface area contributed by atoms with Crippen LogP contribution in [0.1, 0.15) is 17.6 Å². The third-order valence-electron chi connectivity index (χ3n) is 3.59. The van der Waals surface area contributed by atoms with Crippen LogP contribution in [0.2, 0.25) is 0 Å². The van der Waals surface area contributed by atoms with E-state index in [2.05, 4.69) is 15.0 Å². The second-order valence-corrected chi connectivity index (χ2v) is 6.25. The highest BCUT2D eigenvalue weighted by molar-refractivity contribution is 7.16. The average Bonchev–Trinajstić information content (AvgIpc) is 2.82. The minimum absolute atomic E-state index is 0.126. The van der Waals surface area contributed by atoms with Crippen molar-refractivity contribution in [2.45, 2.75) is 20.4 Å². The molecule has 21 heavy (non-hydrogen) atoms. The molecule has 1 aliphatic rings. The molecule has 0 atom stereocenters. The van der Waals surface area contributed by atoms with Gasteiger partial charge in [0.25, 0.3) is 5.56 Å². The molecule has 3 heterocycles. The number of carbonyl (C=O) groups excluding carboxylic acids is 1. The minimum Gasteiger partial charge on any atom is -0.340 e. The van der Waals surface area contributed by atoms with Crippen molar-refractivity contribution >= 4 is 22.2 Å². The van der Waals surface area contributed by atoms with Crippen molar-refractivity contribution in [3.05, 3.63) is 27.1 Å². The number of rotatable bonds is 2. The number of amides is 1. The molecule has 8 heteroatoms. The molecule has 1 amide bonds. The van der Waals surface area contributed by atoms with Gasteiger partial charge < -0.3 is 4.90 Å². The quantitative estimate of drug-likeness (QED) is 0.788. The van der Waals surface area contributed by atoms with E-state index in [1.54, 1.807) is 6.92 Å². The summed E-state index contributed by atoms with van der Waals surface area (Å²) in [5.74, 6) is 0.126. The number of nitrogens with zero attached hydrogens (tertiary/aromatic N) is 5. The van der Waals surface area contributed by atoms with E-state index in [4.69, 9.17) is 0 Å². The van der Waals surface area contributed by atoms with Gasteiger partial charge in [-0.2, -0.15) is 9.61 Å². The number of fused-ring (bicyclic) bond motifs is 1. The van der Waals surface area contributed by atoms with E-state index < -0.39 is 0 Å². The predicted molar refractivity (Wildman–Crippen MR) is 79.4 cm³/mol. The Morgan fingerprint density at radius 1 is 1.33 bits per heavy atom. The largest absolute Gasteiger partial charge is 0.340 e. The van der Waals surface area contributed by atoms with Crippen LogP contribution in [0.4, 0.5) is 0 Å². The first-order chi connectivity index (χ1) is 10.0. The third-order valence-corrected chi connectivity index (χ3v) is 4.48. The van der Waals surface area contributed by atoms with E-state index >= 15 is 0 Å². The Labute approximate surface area is 125 Å². The van der Waals surface area contributed by atoms with Crippen molar-refractivity contribution in [2.75, 3.05) is 26.2 Å². The number of hydrogen-bond donors (Lipinski definition) is 0. The van der Waals surface area contributed by atoms with Crippen molar-refractivity contribution in [2.24, 2.45) is 0 Å². The Balaban J connectivity index is 1.73. The fourth-order valence-corrected chi connectivity index (χ4v) is 3.42. The van der Waals surface area contributed by atoms with E-state index in [9.17, 15) is 9.59 Å². The zero-order chi connectivity index (χ0) is 15.0. The van der Waals surface area contributed by atoms with Crippen molar-refractivity contribution in [3.63, 3.8) is 0 Å². The van der Waals surface area contributed by atoms with Gasteiger partial charge in [0.1, 0.15) is 5.01 Å². The lowest BCUT2D eigenvalue weighted by Gasteiger charge is -2.33. The molecule has 0 aliphatic carbocycles. The molecule has 112 valence electrons. The molecule has 0 unspecified atom stereocenters. The molecule has 1 saturated heterocycles. The maximum atomic E-state index is 11.8. The molecule has 7 nitrogen and oxygen atoms in total. The minimum atomic E-state index is -0.138. The zero-order valence-corrected chi connectivity index (χ0v) is 12.9. The number of carbonyl (C=O) groups is 1. The summed E-state index contributed by atoms with van der Waals surface area (Å²) in [6, 6.07) is 1.49. The summed E-state index contributed by atoms with van der Waals surface area (Å²) in [7, 11) is 0. The maximum Gasteiger partial charge on any atom is 0.275 e. The maximum absolute atomic E-state index is 11.8. The molecule has 0 radical (unpaired) electrons. The Bertz CT molecular complexity index is 730. The first kappa shape index (κ1) is 14.2. The van der Waals surface area contributed by atoms with Gasteiger partial charge in [-0.1, -0.05) is 11.3 Å². The highest BCUT2D eigenvalue weighted by atomic mass is 32.1. The van der Waals surface area contributed by atoms with Gasteiger partial charge in [0, 0.05) is 44.9 Å². The summed E-state index contributed by atoms with van der Waals surface area (Å²) < 4.78 is 1.36. The highest BCUT2D eigenvalue weighted by Gasteiger charge is 2.20. The summed E-state index contributed by atoms with van der Waals surface area (Å²) >= 11 is 1.44. The summed E-state index contributed by atoms with van der Waals surface area (Å²) in [5, 5.41) is 5.22. The highest BCUT2D eigenvalue weighted by Crippen LogP contribution is 2.15. The standard InChI is InChI=1S/C13H17N5O2S/c1-9-7-12(20)18-13(14-9)21-11(15-18)8-16-3-5-17(6-4-16)10(2)19/h7H,3-6,8H2,1-2H3. The van der Waals surface area contributed by atoms with Crippen LogP contribution in [0.3, 0.4) is 0 Å². The van der Waals surface area contributed by atoms with Crippen molar-refractivity contribution in [3.8, 4) is 0 Å². The fourth-order valence-electron chi connectivity index (χ4n) is 2.44. The Hall–Kier alpha value is -1.80. The van der Waals surface area contributed by atoms with Crippen LogP contribution in [0.5, 0.6) is 0 Å². The SMILES string of the molecule is CC(=O)N1CCN(Cc2nn3c(=O)cc(C)nc3s2)CC1. The predicted octanol–water partition coefficient (Wildman–Crippen LogP) is 0.124. The average molecular weight is 307 g/mol. The van der Waals surface area contributed by atoms with Gasteiger partial charge >= 0.3 is 0 Å². The molecule has 1 fully saturated rings. The molecule has 2 aromatic heterocycles. The lowest BCUT2D eigenvalue weighted by atomic mass is 10.3. The van der Waals surface area contributed by atoms with Crippen LogP contribution < -0.4 is 5.56 Å². The van der Waals surface area contributed by atoms with Gasteiger partial charge in [0.2, 0.25) is 10.9 Å². The Morgan fingerprint density at radius 3 is 2.71 bits per heavy atom. The van der Waals surface area contributed by atoms with E-state index in [0.29, 0.717) is 17.2 Å². The molecule has 2 aromatic rings. The molecule has 0 aromatic carbocycles. The molecule has 1 aliphatic heterocycles. The molecule has 0 bridgehead atoms. The monoisotopic (exact) mass is 307 g/mol. The normalized spacial score (nSPS) is 16.6. The molecular weight excluding hydrogens is 290 g/mol. The van der Waals surface area contributed by atoms with Crippen LogP contribution in [0, 0.1) is 6.92 Å². The molecular formula is C13H17N5O2S. The molecule has 0 N–H and O–H groups in total. The third kappa shape index (κ3) is 2.96. The number of aryl methyl sites for hydroxylation is 1. The smallest absolute Gasteiger partial charge is 0.275 e. The van der Waals surface area contributed by atoms with E-state index in [0.717, 1.165) is 31.2 Å². The Morgan fingerprint density at radius 2 is 2.05 bits per heavy atom. The second kappa shape index (κ2) is 5.53. The Kier molecular flexibility index (Phi) is 3.73. The van der Waals surface area contributed by atoms with E-state index in [1.165, 1.54) is 21.9 Å². The summed E-state index contributed by atoms with van der Waals surface area (Å²) in [4.78, 5) is 32.2. The lowest BCUT2D eigenvalue weighted by molar-refractivity contribution is -0.130. The van der Waals surface area contributed by atoms with Gasteiger partial charge in [0.05, 0.1) is 6.54 Å². The van der Waals surface area contributed by atoms with Crippen LogP contribution in [-0.4, -0.2) is 56.5 Å². The summed E-state index contributed by atoms with van der Waals surface area (Å²) in [6.45, 7) is 7.26. The van der Waals surface area contributed by atoms with Crippen LogP contribution >= 0.6 is 11.3 Å². The van der Waals surface area contributed by atoms with Gasteiger partial charge in [-0.15, -0.1) is 0 Å². The van der Waals surface area contributed by atoms with Gasteiger partial charge in [-0.25, -0.2) is 4.98 Å². The second-order valence-electron chi connectivity index (χ2n) is 5.21. The molecule has 3 rings (SSSR count). The van der Waals surface area contributed by atoms with Gasteiger partial charge in [0.15, 0.2) is 0 Å².